The van der Waals surface area contributed by atoms with E-state index in [2.05, 4.69) is 65.2 Å². The van der Waals surface area contributed by atoms with Gasteiger partial charge in [0.2, 0.25) is 11.9 Å². The van der Waals surface area contributed by atoms with Gasteiger partial charge in [0.15, 0.2) is 0 Å². The average Bonchev–Trinajstić information content (AvgIpc) is 3.03. The van der Waals surface area contributed by atoms with Crippen molar-refractivity contribution in [2.75, 3.05) is 87.6 Å². The van der Waals surface area contributed by atoms with Crippen LogP contribution in [0.3, 0.4) is 0 Å². The van der Waals surface area contributed by atoms with Crippen molar-refractivity contribution in [3.63, 3.8) is 0 Å². The number of carbonyl (C=O) groups is 1. The molecule has 13 heteroatoms. The van der Waals surface area contributed by atoms with Crippen molar-refractivity contribution >= 4 is 68.8 Å². The van der Waals surface area contributed by atoms with Crippen molar-refractivity contribution in [1.82, 2.24) is 19.8 Å². The first-order valence-electron chi connectivity index (χ1n) is 15.1. The second-order valence-corrected chi connectivity index (χ2v) is 15.9. The predicted octanol–water partition coefficient (Wildman–Crippen LogP) is 5.32. The molecule has 45 heavy (non-hydrogen) atoms. The summed E-state index contributed by atoms with van der Waals surface area (Å²) < 4.78 is 19.4. The zero-order valence-electron chi connectivity index (χ0n) is 26.3. The first-order valence-corrected chi connectivity index (χ1v) is 18.5. The molecule has 2 saturated heterocycles. The van der Waals surface area contributed by atoms with E-state index < -0.39 is 7.14 Å². The van der Waals surface area contributed by atoms with Crippen molar-refractivity contribution in [3.05, 3.63) is 59.7 Å². The molecule has 3 aromatic rings. The van der Waals surface area contributed by atoms with E-state index in [9.17, 15) is 9.36 Å². The highest BCUT2D eigenvalue weighted by molar-refractivity contribution is 9.10. The third-order valence-corrected chi connectivity index (χ3v) is 10.5. The zero-order valence-corrected chi connectivity index (χ0v) is 28.8. The quantitative estimate of drug-likeness (QED) is 0.190. The first-order chi connectivity index (χ1) is 21.5. The summed E-state index contributed by atoms with van der Waals surface area (Å²) in [5.41, 5.74) is 2.84. The molecule has 3 heterocycles. The topological polar surface area (TPSA) is 115 Å². The molecule has 2 fully saturated rings. The van der Waals surface area contributed by atoms with E-state index in [0.717, 1.165) is 63.1 Å². The van der Waals surface area contributed by atoms with Gasteiger partial charge >= 0.3 is 0 Å². The van der Waals surface area contributed by atoms with Gasteiger partial charge in [-0.05, 0) is 73.4 Å². The highest BCUT2D eigenvalue weighted by Crippen LogP contribution is 2.41. The van der Waals surface area contributed by atoms with Gasteiger partial charge in [0.05, 0.1) is 34.3 Å². The molecule has 0 bridgehead atoms. The van der Waals surface area contributed by atoms with Crippen LogP contribution in [0.2, 0.25) is 0 Å². The van der Waals surface area contributed by atoms with E-state index in [1.807, 2.05) is 36.4 Å². The molecule has 0 atom stereocenters. The number of piperazine rings is 1. The van der Waals surface area contributed by atoms with Crippen LogP contribution in [-0.4, -0.2) is 98.5 Å². The number of carbonyl (C=O) groups excluding carboxylic acids is 1. The van der Waals surface area contributed by atoms with Crippen LogP contribution in [0.1, 0.15) is 12.8 Å². The second-order valence-electron chi connectivity index (χ2n) is 11.8. The van der Waals surface area contributed by atoms with Crippen LogP contribution >= 0.6 is 23.1 Å². The lowest BCUT2D eigenvalue weighted by atomic mass is 10.0. The van der Waals surface area contributed by atoms with E-state index in [4.69, 9.17) is 9.72 Å². The van der Waals surface area contributed by atoms with Gasteiger partial charge in [-0.3, -0.25) is 9.69 Å². The maximum atomic E-state index is 12.9. The fourth-order valence-corrected chi connectivity index (χ4v) is 7.30. The number of para-hydroxylation sites is 1. The lowest BCUT2D eigenvalue weighted by Crippen LogP contribution is -2.52. The van der Waals surface area contributed by atoms with Gasteiger partial charge < -0.3 is 35.1 Å². The van der Waals surface area contributed by atoms with Crippen LogP contribution in [-0.2, 0) is 9.36 Å². The number of aromatic nitrogens is 2. The molecule has 1 amide bonds. The van der Waals surface area contributed by atoms with Gasteiger partial charge in [0, 0.05) is 62.9 Å². The van der Waals surface area contributed by atoms with E-state index >= 15 is 0 Å². The van der Waals surface area contributed by atoms with Crippen LogP contribution in [0.25, 0.3) is 0 Å². The summed E-state index contributed by atoms with van der Waals surface area (Å²) in [5, 5.41) is 10.3. The maximum Gasteiger partial charge on any atom is 0.247 e. The zero-order chi connectivity index (χ0) is 32.1. The van der Waals surface area contributed by atoms with Gasteiger partial charge in [-0.15, -0.1) is 0 Å². The van der Waals surface area contributed by atoms with Crippen molar-refractivity contribution in [2.45, 2.75) is 18.9 Å². The molecule has 0 saturated carbocycles. The number of anilines is 6. The van der Waals surface area contributed by atoms with Gasteiger partial charge in [-0.2, -0.15) is 4.98 Å². The number of methoxy groups -OCH3 is 1. The minimum atomic E-state index is -2.54. The smallest absolute Gasteiger partial charge is 0.247 e. The summed E-state index contributed by atoms with van der Waals surface area (Å²) in [6, 6.07) is 11.9. The van der Waals surface area contributed by atoms with E-state index in [0.29, 0.717) is 45.1 Å². The first kappa shape index (κ1) is 32.9. The maximum absolute atomic E-state index is 12.9. The molecule has 0 spiro atoms. The molecule has 5 rings (SSSR count). The fourth-order valence-electron chi connectivity index (χ4n) is 5.85. The number of nitrogens with zero attached hydrogens (tertiary/aromatic N) is 5. The number of hydrogen-bond acceptors (Lipinski definition) is 10. The largest absolute Gasteiger partial charge is 0.494 e. The molecule has 2 aromatic carbocycles. The Balaban J connectivity index is 1.39. The van der Waals surface area contributed by atoms with E-state index in [-0.39, 0.29) is 5.91 Å². The number of nitrogens with one attached hydrogen (secondary N) is 3. The number of halogens is 1. The van der Waals surface area contributed by atoms with Crippen LogP contribution in [0.15, 0.2) is 59.7 Å². The molecule has 0 radical (unpaired) electrons. The Morgan fingerprint density at radius 1 is 1.04 bits per heavy atom. The Labute approximate surface area is 273 Å². The summed E-state index contributed by atoms with van der Waals surface area (Å²) in [6.45, 7) is 13.3. The second kappa shape index (κ2) is 14.3. The number of piperidine rings is 1. The Morgan fingerprint density at radius 2 is 1.76 bits per heavy atom. The Morgan fingerprint density at radius 3 is 2.42 bits per heavy atom. The molecule has 0 unspecified atom stereocenters. The van der Waals surface area contributed by atoms with Crippen LogP contribution in [0.4, 0.5) is 34.5 Å². The van der Waals surface area contributed by atoms with Crippen molar-refractivity contribution in [2.24, 2.45) is 0 Å². The summed E-state index contributed by atoms with van der Waals surface area (Å²) in [7, 11) is 1.26. The SMILES string of the molecule is C=CC(=O)Nc1cc(Nc2ncc(Br)c(Nc3ccccc3P(C)(C)=O)n2)c(OC)cc1N1CCC(N2CCN(C)CC2)CC1. The Hall–Kier alpha value is -3.44. The third-order valence-electron chi connectivity index (χ3n) is 8.35. The Bertz CT molecular complexity index is 1580. The number of ether oxygens (including phenoxy) is 1. The summed E-state index contributed by atoms with van der Waals surface area (Å²) in [6.07, 6.45) is 5.01. The van der Waals surface area contributed by atoms with Crippen LogP contribution in [0, 0.1) is 0 Å². The van der Waals surface area contributed by atoms with Crippen molar-refractivity contribution in [1.29, 1.82) is 0 Å². The molecule has 3 N–H and O–H groups in total. The fraction of sp³-hybridized carbons (Fsp3) is 0.406. The molecule has 2 aliphatic heterocycles. The number of likely N-dealkylation sites (N-methyl/N-ethyl adjacent to an activating group) is 1. The van der Waals surface area contributed by atoms with Gasteiger partial charge in [0.1, 0.15) is 18.7 Å². The number of hydrogen-bond donors (Lipinski definition) is 3. The molecular weight excluding hydrogens is 655 g/mol. The lowest BCUT2D eigenvalue weighted by molar-refractivity contribution is -0.111. The normalized spacial score (nSPS) is 16.7. The number of benzene rings is 2. The van der Waals surface area contributed by atoms with Gasteiger partial charge in [-0.1, -0.05) is 18.7 Å². The lowest BCUT2D eigenvalue weighted by Gasteiger charge is -2.43. The van der Waals surface area contributed by atoms with E-state index in [1.54, 1.807) is 26.6 Å². The highest BCUT2D eigenvalue weighted by Gasteiger charge is 2.28. The van der Waals surface area contributed by atoms with Crippen molar-refractivity contribution in [3.8, 4) is 5.75 Å². The predicted molar refractivity (Wildman–Crippen MR) is 188 cm³/mol. The molecule has 11 nitrogen and oxygen atoms in total. The summed E-state index contributed by atoms with van der Waals surface area (Å²) in [5.74, 6) is 1.11. The van der Waals surface area contributed by atoms with E-state index in [1.165, 1.54) is 6.08 Å². The molecule has 1 aromatic heterocycles. The number of rotatable bonds is 10. The summed E-state index contributed by atoms with van der Waals surface area (Å²) in [4.78, 5) is 29.0. The average molecular weight is 698 g/mol. The third kappa shape index (κ3) is 8.05. The minimum absolute atomic E-state index is 0.297. The standard InChI is InChI=1S/C32H42BrN8O3P/c1-6-30(42)35-25-19-26(28(44-3)20-27(25)41-13-11-22(12-14-41)40-17-15-39(2)16-18-40)37-32-34-21-23(33)31(38-32)36-24-9-7-8-10-29(24)45(4,5)43/h6-10,19-22H,1,11-18H2,2-5H3,(H,35,42)(H2,34,36,37,38). The summed E-state index contributed by atoms with van der Waals surface area (Å²) >= 11 is 3.53. The number of amides is 1. The van der Waals surface area contributed by atoms with Crippen LogP contribution in [0.5, 0.6) is 5.75 Å². The van der Waals surface area contributed by atoms with Crippen LogP contribution < -0.4 is 30.9 Å². The van der Waals surface area contributed by atoms with Crippen molar-refractivity contribution < 1.29 is 14.1 Å². The highest BCUT2D eigenvalue weighted by atomic mass is 79.9. The van der Waals surface area contributed by atoms with Gasteiger partial charge in [-0.25, -0.2) is 4.98 Å². The Kier molecular flexibility index (Phi) is 10.5. The molecule has 0 aliphatic carbocycles. The minimum Gasteiger partial charge on any atom is -0.494 e. The molecule has 2 aliphatic rings. The van der Waals surface area contributed by atoms with Gasteiger partial charge in [0.25, 0.3) is 0 Å². The molecule has 240 valence electrons. The molecular formula is C32H42BrN8O3P. The monoisotopic (exact) mass is 696 g/mol.